The third-order valence-electron chi connectivity index (χ3n) is 1.92. The number of halogens is 1. The van der Waals surface area contributed by atoms with Crippen LogP contribution in [0.3, 0.4) is 0 Å². The van der Waals surface area contributed by atoms with Gasteiger partial charge in [0.1, 0.15) is 5.82 Å². The van der Waals surface area contributed by atoms with E-state index in [9.17, 15) is 4.79 Å². The van der Waals surface area contributed by atoms with Crippen LogP contribution in [0, 0.1) is 0 Å². The van der Waals surface area contributed by atoms with Gasteiger partial charge in [0.05, 0.1) is 5.69 Å². The molecular weight excluding hydrogens is 214 g/mol. The fourth-order valence-corrected chi connectivity index (χ4v) is 1.39. The van der Waals surface area contributed by atoms with E-state index >= 15 is 0 Å². The van der Waals surface area contributed by atoms with Crippen LogP contribution >= 0.6 is 11.6 Å². The van der Waals surface area contributed by atoms with Crippen molar-refractivity contribution in [1.82, 2.24) is 9.97 Å². The molecule has 1 aromatic carbocycles. The number of nitrogen functional groups attached to an aromatic ring is 1. The standard InChI is InChI=1S/C10H8ClN3O/c11-7-3-1-6(2-4-7)8-5-9(12)14-10(15)13-8/h1-5H,(H3,12,13,14,15). The molecule has 2 rings (SSSR count). The molecule has 0 atom stereocenters. The van der Waals surface area contributed by atoms with Gasteiger partial charge in [-0.15, -0.1) is 0 Å². The van der Waals surface area contributed by atoms with Crippen molar-refractivity contribution in [2.24, 2.45) is 0 Å². The third-order valence-corrected chi connectivity index (χ3v) is 2.17. The Kier molecular flexibility index (Phi) is 2.43. The van der Waals surface area contributed by atoms with Crippen LogP contribution in [0.2, 0.25) is 5.02 Å². The van der Waals surface area contributed by atoms with Crippen molar-refractivity contribution in [1.29, 1.82) is 0 Å². The fourth-order valence-electron chi connectivity index (χ4n) is 1.26. The van der Waals surface area contributed by atoms with Gasteiger partial charge >= 0.3 is 5.69 Å². The summed E-state index contributed by atoms with van der Waals surface area (Å²) in [6.07, 6.45) is 0. The summed E-state index contributed by atoms with van der Waals surface area (Å²) in [4.78, 5) is 17.2. The summed E-state index contributed by atoms with van der Waals surface area (Å²) in [5, 5.41) is 0.642. The minimum Gasteiger partial charge on any atom is -0.383 e. The molecule has 1 heterocycles. The number of anilines is 1. The number of nitrogens with one attached hydrogen (secondary N) is 1. The van der Waals surface area contributed by atoms with Gasteiger partial charge in [-0.05, 0) is 17.7 Å². The highest BCUT2D eigenvalue weighted by Crippen LogP contribution is 2.19. The Morgan fingerprint density at radius 2 is 1.93 bits per heavy atom. The largest absolute Gasteiger partial charge is 0.383 e. The van der Waals surface area contributed by atoms with Crippen molar-refractivity contribution in [3.8, 4) is 11.3 Å². The molecule has 76 valence electrons. The number of nitrogens with two attached hydrogens (primary N) is 1. The van der Waals surface area contributed by atoms with Crippen LogP contribution in [0.5, 0.6) is 0 Å². The van der Waals surface area contributed by atoms with Gasteiger partial charge in [0.15, 0.2) is 0 Å². The Balaban J connectivity index is 2.54. The summed E-state index contributed by atoms with van der Waals surface area (Å²) in [6.45, 7) is 0. The monoisotopic (exact) mass is 221 g/mol. The molecule has 0 unspecified atom stereocenters. The molecule has 0 saturated carbocycles. The summed E-state index contributed by atoms with van der Waals surface area (Å²) in [5.74, 6) is 0.198. The number of H-pyrrole nitrogens is 1. The van der Waals surface area contributed by atoms with Gasteiger partial charge in [-0.1, -0.05) is 23.7 Å². The van der Waals surface area contributed by atoms with Crippen molar-refractivity contribution in [2.45, 2.75) is 0 Å². The number of benzene rings is 1. The number of aromatic nitrogens is 2. The normalized spacial score (nSPS) is 10.2. The summed E-state index contributed by atoms with van der Waals surface area (Å²) in [6, 6.07) is 8.68. The number of hydrogen-bond acceptors (Lipinski definition) is 3. The van der Waals surface area contributed by atoms with Gasteiger partial charge < -0.3 is 10.7 Å². The molecule has 4 nitrogen and oxygen atoms in total. The third kappa shape index (κ3) is 2.16. The first-order valence-corrected chi connectivity index (χ1v) is 4.66. The summed E-state index contributed by atoms with van der Waals surface area (Å²) in [7, 11) is 0. The average Bonchev–Trinajstić information content (AvgIpc) is 2.17. The zero-order valence-corrected chi connectivity index (χ0v) is 8.45. The molecule has 1 aromatic heterocycles. The average molecular weight is 222 g/mol. The Bertz CT molecular complexity index is 533. The van der Waals surface area contributed by atoms with Crippen LogP contribution < -0.4 is 11.4 Å². The van der Waals surface area contributed by atoms with Crippen LogP contribution in [0.25, 0.3) is 11.3 Å². The maximum Gasteiger partial charge on any atom is 0.347 e. The molecule has 0 aliphatic rings. The molecule has 0 radical (unpaired) electrons. The van der Waals surface area contributed by atoms with E-state index < -0.39 is 5.69 Å². The number of aromatic amines is 1. The predicted molar refractivity (Wildman–Crippen MR) is 59.7 cm³/mol. The minimum atomic E-state index is -0.458. The molecule has 0 fully saturated rings. The first-order chi connectivity index (χ1) is 7.15. The van der Waals surface area contributed by atoms with Gasteiger partial charge in [0.25, 0.3) is 0 Å². The quantitative estimate of drug-likeness (QED) is 0.770. The van der Waals surface area contributed by atoms with E-state index in [1.807, 2.05) is 0 Å². The molecule has 0 amide bonds. The zero-order chi connectivity index (χ0) is 10.8. The molecule has 0 spiro atoms. The second-order valence-electron chi connectivity index (χ2n) is 3.03. The second-order valence-corrected chi connectivity index (χ2v) is 3.47. The lowest BCUT2D eigenvalue weighted by atomic mass is 10.1. The first-order valence-electron chi connectivity index (χ1n) is 4.28. The Morgan fingerprint density at radius 3 is 2.53 bits per heavy atom. The van der Waals surface area contributed by atoms with Crippen LogP contribution in [-0.4, -0.2) is 9.97 Å². The van der Waals surface area contributed by atoms with Gasteiger partial charge in [0.2, 0.25) is 0 Å². The summed E-state index contributed by atoms with van der Waals surface area (Å²) in [5.41, 5.74) is 6.48. The predicted octanol–water partition coefficient (Wildman–Crippen LogP) is 1.67. The summed E-state index contributed by atoms with van der Waals surface area (Å²) < 4.78 is 0. The zero-order valence-electron chi connectivity index (χ0n) is 7.70. The molecule has 0 bridgehead atoms. The molecule has 15 heavy (non-hydrogen) atoms. The second kappa shape index (κ2) is 3.74. The van der Waals surface area contributed by atoms with Crippen molar-refractivity contribution in [3.63, 3.8) is 0 Å². The Morgan fingerprint density at radius 1 is 1.27 bits per heavy atom. The van der Waals surface area contributed by atoms with Gasteiger partial charge in [-0.2, -0.15) is 4.98 Å². The van der Waals surface area contributed by atoms with E-state index in [1.165, 1.54) is 0 Å². The molecule has 0 aliphatic heterocycles. The van der Waals surface area contributed by atoms with E-state index in [-0.39, 0.29) is 5.82 Å². The molecule has 5 heteroatoms. The smallest absolute Gasteiger partial charge is 0.347 e. The lowest BCUT2D eigenvalue weighted by molar-refractivity contribution is 1.09. The molecule has 3 N–H and O–H groups in total. The van der Waals surface area contributed by atoms with Crippen LogP contribution in [-0.2, 0) is 0 Å². The highest BCUT2D eigenvalue weighted by molar-refractivity contribution is 6.30. The molecule has 0 aliphatic carbocycles. The van der Waals surface area contributed by atoms with Crippen molar-refractivity contribution in [2.75, 3.05) is 5.73 Å². The number of hydrogen-bond donors (Lipinski definition) is 2. The van der Waals surface area contributed by atoms with E-state index in [0.29, 0.717) is 10.7 Å². The lowest BCUT2D eigenvalue weighted by Crippen LogP contribution is -2.12. The molecule has 2 aromatic rings. The lowest BCUT2D eigenvalue weighted by Gasteiger charge is -2.01. The Labute approximate surface area is 90.7 Å². The van der Waals surface area contributed by atoms with E-state index in [2.05, 4.69) is 9.97 Å². The maximum atomic E-state index is 11.1. The molecule has 0 saturated heterocycles. The van der Waals surface area contributed by atoms with Gasteiger partial charge in [0, 0.05) is 11.1 Å². The highest BCUT2D eigenvalue weighted by Gasteiger charge is 2.00. The minimum absolute atomic E-state index is 0.198. The topological polar surface area (TPSA) is 71.8 Å². The maximum absolute atomic E-state index is 11.1. The number of rotatable bonds is 1. The van der Waals surface area contributed by atoms with E-state index in [1.54, 1.807) is 30.3 Å². The van der Waals surface area contributed by atoms with E-state index in [4.69, 9.17) is 17.3 Å². The number of nitrogens with zero attached hydrogens (tertiary/aromatic N) is 1. The van der Waals surface area contributed by atoms with E-state index in [0.717, 1.165) is 5.56 Å². The van der Waals surface area contributed by atoms with Gasteiger partial charge in [-0.25, -0.2) is 4.79 Å². The fraction of sp³-hybridized carbons (Fsp3) is 0. The Hall–Kier alpha value is -1.81. The van der Waals surface area contributed by atoms with Crippen molar-refractivity contribution < 1.29 is 0 Å². The van der Waals surface area contributed by atoms with Crippen molar-refractivity contribution >= 4 is 17.4 Å². The molecular formula is C10H8ClN3O. The van der Waals surface area contributed by atoms with Crippen LogP contribution in [0.4, 0.5) is 5.82 Å². The highest BCUT2D eigenvalue weighted by atomic mass is 35.5. The van der Waals surface area contributed by atoms with Gasteiger partial charge in [-0.3, -0.25) is 0 Å². The van der Waals surface area contributed by atoms with Crippen LogP contribution in [0.15, 0.2) is 35.1 Å². The SMILES string of the molecule is Nc1cc(-c2ccc(Cl)cc2)[nH]c(=O)n1. The van der Waals surface area contributed by atoms with Crippen molar-refractivity contribution in [3.05, 3.63) is 45.8 Å². The summed E-state index contributed by atoms with van der Waals surface area (Å²) >= 11 is 5.75. The van der Waals surface area contributed by atoms with Crippen LogP contribution in [0.1, 0.15) is 0 Å². The first kappa shape index (κ1) is 9.73.